The van der Waals surface area contributed by atoms with Gasteiger partial charge in [-0.15, -0.1) is 21.5 Å². The molecule has 158 valence electrons. The van der Waals surface area contributed by atoms with Crippen LogP contribution in [0.5, 0.6) is 0 Å². The Hall–Kier alpha value is -2.26. The fourth-order valence-corrected chi connectivity index (χ4v) is 4.18. The van der Waals surface area contributed by atoms with E-state index in [9.17, 15) is 9.59 Å². The molecule has 0 aliphatic heterocycles. The van der Waals surface area contributed by atoms with Crippen molar-refractivity contribution in [2.75, 3.05) is 6.54 Å². The molecular weight excluding hydrogens is 390 g/mol. The third-order valence-corrected chi connectivity index (χ3v) is 6.01. The van der Waals surface area contributed by atoms with E-state index in [-0.39, 0.29) is 11.9 Å². The fraction of sp³-hybridized carbons (Fsp3) is 0.600. The number of urea groups is 1. The van der Waals surface area contributed by atoms with Gasteiger partial charge in [0.2, 0.25) is 11.8 Å². The first-order valence-corrected chi connectivity index (χ1v) is 11.2. The van der Waals surface area contributed by atoms with Crippen LogP contribution in [0.15, 0.2) is 21.9 Å². The maximum atomic E-state index is 12.6. The zero-order valence-corrected chi connectivity index (χ0v) is 17.8. The average molecular weight is 420 g/mol. The van der Waals surface area contributed by atoms with Gasteiger partial charge in [-0.1, -0.05) is 32.3 Å². The zero-order valence-electron chi connectivity index (χ0n) is 17.0. The standard InChI is InChI=1S/C20H29N5O3S/c1-3-11-25(13-17-23-24-19(28-17)16-10-7-12-29-16)14(2)18(26)22-20(27)21-15-8-5-4-6-9-15/h7,10,12,14-15H,3-6,8-9,11,13H2,1-2H3,(H2,21,22,26,27)/t14-/m0/s1. The molecule has 1 fully saturated rings. The van der Waals surface area contributed by atoms with E-state index in [0.717, 1.165) is 37.0 Å². The Kier molecular flexibility index (Phi) is 7.76. The van der Waals surface area contributed by atoms with Crippen LogP contribution in [0.4, 0.5) is 4.79 Å². The second kappa shape index (κ2) is 10.5. The Morgan fingerprint density at radius 2 is 2.10 bits per heavy atom. The lowest BCUT2D eigenvalue weighted by Crippen LogP contribution is -2.51. The van der Waals surface area contributed by atoms with Gasteiger partial charge < -0.3 is 9.73 Å². The highest BCUT2D eigenvalue weighted by Gasteiger charge is 2.25. The number of aromatic nitrogens is 2. The van der Waals surface area contributed by atoms with E-state index in [1.54, 1.807) is 6.92 Å². The molecule has 2 aromatic heterocycles. The number of hydrogen-bond donors (Lipinski definition) is 2. The van der Waals surface area contributed by atoms with Crippen LogP contribution in [0.1, 0.15) is 58.3 Å². The number of nitrogens with one attached hydrogen (secondary N) is 2. The predicted octanol–water partition coefficient (Wildman–Crippen LogP) is 3.56. The summed E-state index contributed by atoms with van der Waals surface area (Å²) in [4.78, 5) is 27.7. The number of carbonyl (C=O) groups excluding carboxylic acids is 2. The van der Waals surface area contributed by atoms with Crippen molar-refractivity contribution >= 4 is 23.3 Å². The first-order chi connectivity index (χ1) is 14.1. The molecule has 9 heteroatoms. The molecule has 29 heavy (non-hydrogen) atoms. The summed E-state index contributed by atoms with van der Waals surface area (Å²) < 4.78 is 5.75. The maximum Gasteiger partial charge on any atom is 0.321 e. The molecule has 1 aliphatic carbocycles. The second-order valence-corrected chi connectivity index (χ2v) is 8.37. The van der Waals surface area contributed by atoms with Gasteiger partial charge in [-0.2, -0.15) is 0 Å². The summed E-state index contributed by atoms with van der Waals surface area (Å²) in [5.41, 5.74) is 0. The first-order valence-electron chi connectivity index (χ1n) is 10.3. The number of carbonyl (C=O) groups is 2. The van der Waals surface area contributed by atoms with Crippen LogP contribution in [-0.4, -0.2) is 45.7 Å². The van der Waals surface area contributed by atoms with Crippen LogP contribution in [0.25, 0.3) is 10.8 Å². The minimum atomic E-state index is -0.496. The predicted molar refractivity (Wildman–Crippen MR) is 111 cm³/mol. The number of imide groups is 1. The summed E-state index contributed by atoms with van der Waals surface area (Å²) in [6.45, 7) is 4.86. The molecule has 0 spiro atoms. The molecule has 3 rings (SSSR count). The van der Waals surface area contributed by atoms with Crippen molar-refractivity contribution < 1.29 is 14.0 Å². The van der Waals surface area contributed by atoms with Crippen molar-refractivity contribution in [1.82, 2.24) is 25.7 Å². The summed E-state index contributed by atoms with van der Waals surface area (Å²) >= 11 is 1.53. The van der Waals surface area contributed by atoms with Crippen molar-refractivity contribution in [2.24, 2.45) is 0 Å². The summed E-state index contributed by atoms with van der Waals surface area (Å²) in [7, 11) is 0. The minimum absolute atomic E-state index is 0.160. The molecule has 2 N–H and O–H groups in total. The molecule has 0 aromatic carbocycles. The van der Waals surface area contributed by atoms with Crippen LogP contribution in [0.3, 0.4) is 0 Å². The van der Waals surface area contributed by atoms with Crippen molar-refractivity contribution in [3.05, 3.63) is 23.4 Å². The fourth-order valence-electron chi connectivity index (χ4n) is 3.54. The average Bonchev–Trinajstić information content (AvgIpc) is 3.39. The van der Waals surface area contributed by atoms with E-state index in [4.69, 9.17) is 4.42 Å². The molecule has 0 radical (unpaired) electrons. The SMILES string of the molecule is CCCN(Cc1nnc(-c2cccs2)o1)[C@@H](C)C(=O)NC(=O)NC1CCCCC1. The van der Waals surface area contributed by atoms with Gasteiger partial charge in [-0.3, -0.25) is 15.0 Å². The maximum absolute atomic E-state index is 12.6. The molecule has 0 unspecified atom stereocenters. The lowest BCUT2D eigenvalue weighted by molar-refractivity contribution is -0.125. The number of thiophene rings is 1. The van der Waals surface area contributed by atoms with E-state index in [0.29, 0.717) is 24.9 Å². The normalized spacial score (nSPS) is 16.0. The Labute approximate surface area is 175 Å². The van der Waals surface area contributed by atoms with Gasteiger partial charge in [0.15, 0.2) is 0 Å². The summed E-state index contributed by atoms with van der Waals surface area (Å²) in [5.74, 6) is 0.605. The molecule has 0 bridgehead atoms. The lowest BCUT2D eigenvalue weighted by atomic mass is 9.96. The second-order valence-electron chi connectivity index (χ2n) is 7.42. The van der Waals surface area contributed by atoms with Gasteiger partial charge >= 0.3 is 6.03 Å². The van der Waals surface area contributed by atoms with Crippen LogP contribution in [0.2, 0.25) is 0 Å². The largest absolute Gasteiger partial charge is 0.419 e. The van der Waals surface area contributed by atoms with Gasteiger partial charge in [-0.25, -0.2) is 4.79 Å². The number of nitrogens with zero attached hydrogens (tertiary/aromatic N) is 3. The summed E-state index contributed by atoms with van der Waals surface area (Å²) in [6, 6.07) is 3.10. The molecule has 2 heterocycles. The quantitative estimate of drug-likeness (QED) is 0.679. The Morgan fingerprint density at radius 3 is 2.79 bits per heavy atom. The lowest BCUT2D eigenvalue weighted by Gasteiger charge is -2.27. The Bertz CT molecular complexity index is 786. The van der Waals surface area contributed by atoms with Crippen LogP contribution in [0, 0.1) is 0 Å². The number of hydrogen-bond acceptors (Lipinski definition) is 7. The molecule has 8 nitrogen and oxygen atoms in total. The minimum Gasteiger partial charge on any atom is -0.419 e. The van der Waals surface area contributed by atoms with Crippen molar-refractivity contribution in [2.45, 2.75) is 71.0 Å². The first kappa shape index (κ1) is 21.4. The van der Waals surface area contributed by atoms with E-state index < -0.39 is 12.1 Å². The van der Waals surface area contributed by atoms with Crippen molar-refractivity contribution in [1.29, 1.82) is 0 Å². The molecule has 3 amide bonds. The molecular formula is C20H29N5O3S. The molecule has 1 aliphatic rings. The van der Waals surface area contributed by atoms with Crippen molar-refractivity contribution in [3.8, 4) is 10.8 Å². The molecule has 1 saturated carbocycles. The Morgan fingerprint density at radius 1 is 1.31 bits per heavy atom. The molecule has 2 aromatic rings. The highest BCUT2D eigenvalue weighted by molar-refractivity contribution is 7.13. The monoisotopic (exact) mass is 419 g/mol. The summed E-state index contributed by atoms with van der Waals surface area (Å²) in [6.07, 6.45) is 6.27. The summed E-state index contributed by atoms with van der Waals surface area (Å²) in [5, 5.41) is 15.6. The van der Waals surface area contributed by atoms with Gasteiger partial charge in [0.05, 0.1) is 17.5 Å². The Balaban J connectivity index is 1.55. The van der Waals surface area contributed by atoms with Crippen LogP contribution < -0.4 is 10.6 Å². The topological polar surface area (TPSA) is 100 Å². The highest BCUT2D eigenvalue weighted by atomic mass is 32.1. The number of amides is 3. The highest BCUT2D eigenvalue weighted by Crippen LogP contribution is 2.23. The van der Waals surface area contributed by atoms with E-state index in [2.05, 4.69) is 20.8 Å². The van der Waals surface area contributed by atoms with Gasteiger partial charge in [-0.05, 0) is 44.2 Å². The van der Waals surface area contributed by atoms with E-state index >= 15 is 0 Å². The third kappa shape index (κ3) is 6.11. The van der Waals surface area contributed by atoms with Crippen molar-refractivity contribution in [3.63, 3.8) is 0 Å². The zero-order chi connectivity index (χ0) is 20.6. The molecule has 0 saturated heterocycles. The molecule has 1 atom stereocenters. The van der Waals surface area contributed by atoms with Gasteiger partial charge in [0.1, 0.15) is 0 Å². The number of rotatable bonds is 8. The smallest absolute Gasteiger partial charge is 0.321 e. The van der Waals surface area contributed by atoms with E-state index in [1.165, 1.54) is 17.8 Å². The van der Waals surface area contributed by atoms with Gasteiger partial charge in [0, 0.05) is 6.04 Å². The van der Waals surface area contributed by atoms with Crippen LogP contribution >= 0.6 is 11.3 Å². The third-order valence-electron chi connectivity index (χ3n) is 5.15. The van der Waals surface area contributed by atoms with Crippen LogP contribution in [-0.2, 0) is 11.3 Å². The van der Waals surface area contributed by atoms with E-state index in [1.807, 2.05) is 29.3 Å². The van der Waals surface area contributed by atoms with Gasteiger partial charge in [0.25, 0.3) is 5.89 Å².